The molecule has 0 radical (unpaired) electrons. The van der Waals surface area contributed by atoms with Crippen LogP contribution in [0.25, 0.3) is 0 Å². The van der Waals surface area contributed by atoms with Gasteiger partial charge in [0.2, 0.25) is 0 Å². The van der Waals surface area contributed by atoms with Gasteiger partial charge in [0.05, 0.1) is 12.8 Å². The molecule has 2 heteroatoms. The maximum Gasteiger partial charge on any atom is 0.0969 e. The molecule has 2 fully saturated rings. The Labute approximate surface area is 74.7 Å². The fourth-order valence-corrected chi connectivity index (χ4v) is 2.39. The first-order valence-electron chi connectivity index (χ1n) is 5.29. The Bertz CT molecular complexity index is 122. The minimum Gasteiger partial charge on any atom is -0.363 e. The van der Waals surface area contributed by atoms with Crippen LogP contribution in [0.3, 0.4) is 0 Å². The van der Waals surface area contributed by atoms with Crippen molar-refractivity contribution >= 4 is 0 Å². The summed E-state index contributed by atoms with van der Waals surface area (Å²) in [6.45, 7) is 1.96. The van der Waals surface area contributed by atoms with Gasteiger partial charge in [-0.1, -0.05) is 25.7 Å². The number of fused-ring (bicyclic) bond motifs is 1. The van der Waals surface area contributed by atoms with E-state index in [0.717, 1.165) is 12.6 Å². The maximum absolute atomic E-state index is 5.71. The summed E-state index contributed by atoms with van der Waals surface area (Å²) < 4.78 is 5.71. The smallest absolute Gasteiger partial charge is 0.0969 e. The summed E-state index contributed by atoms with van der Waals surface area (Å²) in [6.07, 6.45) is 8.88. The summed E-state index contributed by atoms with van der Waals surface area (Å²) in [7, 11) is 0. The Morgan fingerprint density at radius 3 is 2.75 bits per heavy atom. The molecule has 0 aromatic rings. The second-order valence-electron chi connectivity index (χ2n) is 4.06. The number of ether oxygens (including phenoxy) is 1. The molecule has 1 aliphatic heterocycles. The van der Waals surface area contributed by atoms with Crippen LogP contribution in [0, 0.1) is 5.92 Å². The van der Waals surface area contributed by atoms with E-state index in [0.29, 0.717) is 6.10 Å². The van der Waals surface area contributed by atoms with Gasteiger partial charge in [-0.05, 0) is 18.8 Å². The first-order chi connectivity index (χ1) is 5.97. The molecule has 2 rings (SSSR count). The molecule has 1 saturated carbocycles. The van der Waals surface area contributed by atoms with Gasteiger partial charge in [-0.25, -0.2) is 0 Å². The van der Waals surface area contributed by atoms with Crippen molar-refractivity contribution in [1.29, 1.82) is 0 Å². The lowest BCUT2D eigenvalue weighted by molar-refractivity contribution is -0.0434. The fourth-order valence-electron chi connectivity index (χ4n) is 2.39. The van der Waals surface area contributed by atoms with Gasteiger partial charge in [0.1, 0.15) is 0 Å². The van der Waals surface area contributed by atoms with Gasteiger partial charge in [-0.3, -0.25) is 5.32 Å². The van der Waals surface area contributed by atoms with Crippen molar-refractivity contribution in [2.75, 3.05) is 13.3 Å². The first kappa shape index (κ1) is 8.52. The molecule has 1 saturated heterocycles. The first-order valence-corrected chi connectivity index (χ1v) is 5.29. The zero-order valence-corrected chi connectivity index (χ0v) is 7.72. The molecule has 2 unspecified atom stereocenters. The van der Waals surface area contributed by atoms with Crippen molar-refractivity contribution in [3.8, 4) is 0 Å². The predicted octanol–water partition coefficient (Wildman–Crippen LogP) is 1.90. The van der Waals surface area contributed by atoms with Crippen LogP contribution < -0.4 is 5.32 Å². The predicted molar refractivity (Wildman–Crippen MR) is 48.9 cm³/mol. The zero-order valence-electron chi connectivity index (χ0n) is 7.72. The standard InChI is InChI=1S/C10H19NO/c1-2-4-6-10-9(5-3-1)7-11-8-12-10/h9-11H,1-8H2. The van der Waals surface area contributed by atoms with E-state index in [1.165, 1.54) is 45.1 Å². The van der Waals surface area contributed by atoms with Crippen molar-refractivity contribution in [3.05, 3.63) is 0 Å². The van der Waals surface area contributed by atoms with E-state index in [1.807, 2.05) is 0 Å². The molecule has 1 aliphatic carbocycles. The van der Waals surface area contributed by atoms with Crippen molar-refractivity contribution < 1.29 is 4.74 Å². The van der Waals surface area contributed by atoms with Gasteiger partial charge >= 0.3 is 0 Å². The molecule has 2 aliphatic rings. The molecule has 0 aromatic heterocycles. The van der Waals surface area contributed by atoms with E-state index in [9.17, 15) is 0 Å². The molecule has 1 heterocycles. The molecule has 0 spiro atoms. The van der Waals surface area contributed by atoms with Gasteiger partial charge in [0, 0.05) is 6.54 Å². The Morgan fingerprint density at radius 2 is 1.83 bits per heavy atom. The van der Waals surface area contributed by atoms with Gasteiger partial charge in [0.25, 0.3) is 0 Å². The van der Waals surface area contributed by atoms with Crippen LogP contribution in [-0.4, -0.2) is 19.4 Å². The van der Waals surface area contributed by atoms with Gasteiger partial charge < -0.3 is 4.74 Å². The summed E-state index contributed by atoms with van der Waals surface area (Å²) in [4.78, 5) is 0. The summed E-state index contributed by atoms with van der Waals surface area (Å²) in [5.74, 6) is 0.805. The fraction of sp³-hybridized carbons (Fsp3) is 1.00. The van der Waals surface area contributed by atoms with Crippen LogP contribution in [0.2, 0.25) is 0 Å². The van der Waals surface area contributed by atoms with E-state index < -0.39 is 0 Å². The number of hydrogen-bond acceptors (Lipinski definition) is 2. The average Bonchev–Trinajstić information content (AvgIpc) is 2.06. The molecule has 0 bridgehead atoms. The largest absolute Gasteiger partial charge is 0.363 e. The molecule has 1 N–H and O–H groups in total. The van der Waals surface area contributed by atoms with Gasteiger partial charge in [0.15, 0.2) is 0 Å². The second-order valence-corrected chi connectivity index (χ2v) is 4.06. The summed E-state index contributed by atoms with van der Waals surface area (Å²) >= 11 is 0. The number of hydrogen-bond donors (Lipinski definition) is 1. The van der Waals surface area contributed by atoms with E-state index in [1.54, 1.807) is 0 Å². The monoisotopic (exact) mass is 169 g/mol. The summed E-state index contributed by atoms with van der Waals surface area (Å²) in [5, 5.41) is 3.31. The summed E-state index contributed by atoms with van der Waals surface area (Å²) in [6, 6.07) is 0. The number of rotatable bonds is 0. The molecule has 12 heavy (non-hydrogen) atoms. The minimum absolute atomic E-state index is 0.576. The highest BCUT2D eigenvalue weighted by Gasteiger charge is 2.25. The van der Waals surface area contributed by atoms with E-state index >= 15 is 0 Å². The molecule has 2 nitrogen and oxygen atoms in total. The highest BCUT2D eigenvalue weighted by molar-refractivity contribution is 4.77. The molecule has 0 aromatic carbocycles. The third-order valence-corrected chi connectivity index (χ3v) is 3.15. The lowest BCUT2D eigenvalue weighted by Crippen LogP contribution is -2.42. The Kier molecular flexibility index (Phi) is 3.01. The SMILES string of the molecule is C1CCCC2OCNCC2CC1. The van der Waals surface area contributed by atoms with Crippen molar-refractivity contribution in [3.63, 3.8) is 0 Å². The normalized spacial score (nSPS) is 38.0. The zero-order chi connectivity index (χ0) is 8.23. The highest BCUT2D eigenvalue weighted by Crippen LogP contribution is 2.26. The third-order valence-electron chi connectivity index (χ3n) is 3.15. The Morgan fingerprint density at radius 1 is 1.00 bits per heavy atom. The molecule has 70 valence electrons. The molecular formula is C10H19NO. The topological polar surface area (TPSA) is 21.3 Å². The lowest BCUT2D eigenvalue weighted by atomic mass is 9.88. The Hall–Kier alpha value is -0.0800. The second kappa shape index (κ2) is 4.24. The van der Waals surface area contributed by atoms with Crippen LogP contribution in [-0.2, 0) is 4.74 Å². The van der Waals surface area contributed by atoms with Crippen LogP contribution in [0.4, 0.5) is 0 Å². The number of nitrogens with one attached hydrogen (secondary N) is 1. The van der Waals surface area contributed by atoms with E-state index in [-0.39, 0.29) is 0 Å². The summed E-state index contributed by atoms with van der Waals surface area (Å²) in [5.41, 5.74) is 0. The third kappa shape index (κ3) is 1.99. The van der Waals surface area contributed by atoms with Crippen LogP contribution in [0.5, 0.6) is 0 Å². The van der Waals surface area contributed by atoms with Gasteiger partial charge in [-0.2, -0.15) is 0 Å². The van der Waals surface area contributed by atoms with Crippen LogP contribution in [0.15, 0.2) is 0 Å². The lowest BCUT2D eigenvalue weighted by Gasteiger charge is -2.33. The molecule has 2 atom stereocenters. The van der Waals surface area contributed by atoms with Crippen molar-refractivity contribution in [2.24, 2.45) is 5.92 Å². The minimum atomic E-state index is 0.576. The molecule has 0 amide bonds. The van der Waals surface area contributed by atoms with E-state index in [4.69, 9.17) is 4.74 Å². The average molecular weight is 169 g/mol. The van der Waals surface area contributed by atoms with E-state index in [2.05, 4.69) is 5.32 Å². The maximum atomic E-state index is 5.71. The van der Waals surface area contributed by atoms with Crippen LogP contribution in [0.1, 0.15) is 38.5 Å². The Balaban J connectivity index is 1.89. The highest BCUT2D eigenvalue weighted by atomic mass is 16.5. The quantitative estimate of drug-likeness (QED) is 0.598. The van der Waals surface area contributed by atoms with Crippen molar-refractivity contribution in [1.82, 2.24) is 5.32 Å². The van der Waals surface area contributed by atoms with Crippen LogP contribution >= 0.6 is 0 Å². The van der Waals surface area contributed by atoms with Crippen molar-refractivity contribution in [2.45, 2.75) is 44.6 Å². The van der Waals surface area contributed by atoms with Gasteiger partial charge in [-0.15, -0.1) is 0 Å². The molecular weight excluding hydrogens is 150 g/mol.